The molecule has 112 valence electrons. The predicted octanol–water partition coefficient (Wildman–Crippen LogP) is 5.04. The molecule has 0 unspecified atom stereocenters. The molecule has 5 heteroatoms. The molecule has 2 atom stereocenters. The van der Waals surface area contributed by atoms with Crippen molar-refractivity contribution in [2.24, 2.45) is 0 Å². The van der Waals surface area contributed by atoms with E-state index in [1.54, 1.807) is 0 Å². The maximum atomic E-state index is 6.30. The molecule has 1 N–H and O–H groups in total. The molecule has 21 heavy (non-hydrogen) atoms. The SMILES string of the molecule is CC(C)=CN1[C@H](C)Cn2c(=S)[nH]c3cc(Cl)cc(c32)[C@H]1C. The second-order valence-electron chi connectivity index (χ2n) is 6.11. The summed E-state index contributed by atoms with van der Waals surface area (Å²) in [4.78, 5) is 5.69. The van der Waals surface area contributed by atoms with E-state index in [2.05, 4.69) is 54.4 Å². The third kappa shape index (κ3) is 2.40. The van der Waals surface area contributed by atoms with Crippen LogP contribution in [-0.2, 0) is 6.54 Å². The van der Waals surface area contributed by atoms with Gasteiger partial charge in [-0.3, -0.25) is 0 Å². The lowest BCUT2D eigenvalue weighted by molar-refractivity contribution is 0.218. The highest BCUT2D eigenvalue weighted by Crippen LogP contribution is 2.35. The van der Waals surface area contributed by atoms with Crippen LogP contribution in [0, 0.1) is 4.77 Å². The van der Waals surface area contributed by atoms with Gasteiger partial charge in [0.1, 0.15) is 0 Å². The number of H-pyrrole nitrogens is 1. The van der Waals surface area contributed by atoms with Crippen molar-refractivity contribution in [3.05, 3.63) is 39.3 Å². The van der Waals surface area contributed by atoms with E-state index >= 15 is 0 Å². The standard InChI is InChI=1S/C16H20ClN3S/c1-9(2)7-19-10(3)8-20-15-13(11(19)4)5-12(17)6-14(15)18-16(20)21/h5-7,10-11H,8H2,1-4H3,(H,18,21)/t10-,11-/m1/s1. The number of aromatic amines is 1. The molecule has 1 aliphatic heterocycles. The topological polar surface area (TPSA) is 24.0 Å². The lowest BCUT2D eigenvalue weighted by Gasteiger charge is -2.32. The van der Waals surface area contributed by atoms with Gasteiger partial charge in [-0.25, -0.2) is 0 Å². The fourth-order valence-electron chi connectivity index (χ4n) is 3.23. The third-order valence-electron chi connectivity index (χ3n) is 4.12. The maximum absolute atomic E-state index is 6.30. The van der Waals surface area contributed by atoms with Crippen molar-refractivity contribution < 1.29 is 0 Å². The van der Waals surface area contributed by atoms with Gasteiger partial charge in [0.2, 0.25) is 0 Å². The van der Waals surface area contributed by atoms with Crippen molar-refractivity contribution in [2.45, 2.75) is 46.3 Å². The summed E-state index contributed by atoms with van der Waals surface area (Å²) < 4.78 is 2.97. The summed E-state index contributed by atoms with van der Waals surface area (Å²) in [5.74, 6) is 0. The predicted molar refractivity (Wildman–Crippen MR) is 91.3 cm³/mol. The Kier molecular flexibility index (Phi) is 3.62. The van der Waals surface area contributed by atoms with Crippen molar-refractivity contribution in [3.63, 3.8) is 0 Å². The van der Waals surface area contributed by atoms with Gasteiger partial charge < -0.3 is 14.5 Å². The molecule has 3 rings (SSSR count). The van der Waals surface area contributed by atoms with Crippen LogP contribution in [-0.4, -0.2) is 20.5 Å². The van der Waals surface area contributed by atoms with Crippen LogP contribution < -0.4 is 0 Å². The van der Waals surface area contributed by atoms with Gasteiger partial charge in [0.15, 0.2) is 4.77 Å². The van der Waals surface area contributed by atoms with Gasteiger partial charge in [-0.1, -0.05) is 17.2 Å². The highest BCUT2D eigenvalue weighted by molar-refractivity contribution is 7.71. The van der Waals surface area contributed by atoms with Crippen LogP contribution in [0.15, 0.2) is 23.9 Å². The number of nitrogens with one attached hydrogen (secondary N) is 1. The molecular weight excluding hydrogens is 302 g/mol. The first-order valence-corrected chi connectivity index (χ1v) is 8.01. The van der Waals surface area contributed by atoms with Gasteiger partial charge in [0, 0.05) is 23.2 Å². The number of rotatable bonds is 1. The Morgan fingerprint density at radius 2 is 2.10 bits per heavy atom. The Balaban J connectivity index is 2.30. The van der Waals surface area contributed by atoms with E-state index < -0.39 is 0 Å². The van der Waals surface area contributed by atoms with E-state index in [4.69, 9.17) is 23.8 Å². The first kappa shape index (κ1) is 14.7. The molecule has 0 saturated carbocycles. The summed E-state index contributed by atoms with van der Waals surface area (Å²) in [5.41, 5.74) is 4.74. The molecule has 1 aromatic heterocycles. The number of hydrogen-bond acceptors (Lipinski definition) is 2. The van der Waals surface area contributed by atoms with Crippen LogP contribution in [0.5, 0.6) is 0 Å². The molecular formula is C16H20ClN3S. The molecule has 0 saturated heterocycles. The summed E-state index contributed by atoms with van der Waals surface area (Å²) in [6.07, 6.45) is 2.24. The van der Waals surface area contributed by atoms with Crippen molar-refractivity contribution in [2.75, 3.05) is 0 Å². The van der Waals surface area contributed by atoms with Crippen LogP contribution in [0.2, 0.25) is 5.02 Å². The second kappa shape index (κ2) is 5.18. The summed E-state index contributed by atoms with van der Waals surface area (Å²) in [5, 5.41) is 0.749. The smallest absolute Gasteiger partial charge is 0.178 e. The van der Waals surface area contributed by atoms with E-state index in [1.165, 1.54) is 16.7 Å². The van der Waals surface area contributed by atoms with E-state index in [0.717, 1.165) is 21.9 Å². The highest BCUT2D eigenvalue weighted by Gasteiger charge is 2.27. The molecule has 2 heterocycles. The largest absolute Gasteiger partial charge is 0.366 e. The number of halogens is 1. The zero-order valence-corrected chi connectivity index (χ0v) is 14.3. The number of aromatic nitrogens is 2. The zero-order valence-electron chi connectivity index (χ0n) is 12.8. The molecule has 2 aromatic rings. The van der Waals surface area contributed by atoms with Gasteiger partial charge in [-0.15, -0.1) is 0 Å². The Bertz CT molecular complexity index is 783. The van der Waals surface area contributed by atoms with Gasteiger partial charge >= 0.3 is 0 Å². The summed E-state index contributed by atoms with van der Waals surface area (Å²) >= 11 is 11.8. The minimum atomic E-state index is 0.259. The van der Waals surface area contributed by atoms with E-state index in [0.29, 0.717) is 6.04 Å². The Morgan fingerprint density at radius 1 is 1.38 bits per heavy atom. The van der Waals surface area contributed by atoms with Crippen molar-refractivity contribution >= 4 is 34.9 Å². The quantitative estimate of drug-likeness (QED) is 0.744. The van der Waals surface area contributed by atoms with Crippen LogP contribution in [0.25, 0.3) is 11.0 Å². The zero-order chi connectivity index (χ0) is 15.3. The van der Waals surface area contributed by atoms with Crippen LogP contribution in [0.4, 0.5) is 0 Å². The van der Waals surface area contributed by atoms with Crippen molar-refractivity contribution in [1.29, 1.82) is 0 Å². The Morgan fingerprint density at radius 3 is 2.76 bits per heavy atom. The summed E-state index contributed by atoms with van der Waals surface area (Å²) in [6, 6.07) is 4.65. The molecule has 0 bridgehead atoms. The van der Waals surface area contributed by atoms with Gasteiger partial charge in [0.25, 0.3) is 0 Å². The normalized spacial score (nSPS) is 21.5. The Hall–Kier alpha value is -1.26. The van der Waals surface area contributed by atoms with Crippen molar-refractivity contribution in [3.8, 4) is 0 Å². The van der Waals surface area contributed by atoms with E-state index in [9.17, 15) is 0 Å². The Labute approximate surface area is 135 Å². The first-order chi connectivity index (χ1) is 9.88. The van der Waals surface area contributed by atoms with Crippen molar-refractivity contribution in [1.82, 2.24) is 14.5 Å². The van der Waals surface area contributed by atoms with Gasteiger partial charge in [0.05, 0.1) is 17.1 Å². The number of allylic oxidation sites excluding steroid dienone is 1. The third-order valence-corrected chi connectivity index (χ3v) is 4.66. The van der Waals surface area contributed by atoms with E-state index in [-0.39, 0.29) is 6.04 Å². The lowest BCUT2D eigenvalue weighted by atomic mass is 10.0. The number of hydrogen-bond donors (Lipinski definition) is 1. The number of imidazole rings is 1. The fraction of sp³-hybridized carbons (Fsp3) is 0.438. The number of benzene rings is 1. The monoisotopic (exact) mass is 321 g/mol. The average molecular weight is 322 g/mol. The molecule has 0 spiro atoms. The van der Waals surface area contributed by atoms with Gasteiger partial charge in [-0.2, -0.15) is 0 Å². The highest BCUT2D eigenvalue weighted by atomic mass is 35.5. The number of nitrogens with zero attached hydrogens (tertiary/aromatic N) is 2. The molecule has 0 aliphatic carbocycles. The maximum Gasteiger partial charge on any atom is 0.178 e. The average Bonchev–Trinajstić information content (AvgIpc) is 2.64. The summed E-state index contributed by atoms with van der Waals surface area (Å²) in [6.45, 7) is 9.60. The molecule has 0 amide bonds. The second-order valence-corrected chi connectivity index (χ2v) is 6.93. The molecule has 3 nitrogen and oxygen atoms in total. The minimum absolute atomic E-state index is 0.259. The molecule has 0 fully saturated rings. The van der Waals surface area contributed by atoms with Gasteiger partial charge in [-0.05, 0) is 58.2 Å². The first-order valence-electron chi connectivity index (χ1n) is 7.23. The van der Waals surface area contributed by atoms with Crippen LogP contribution in [0.1, 0.15) is 39.3 Å². The van der Waals surface area contributed by atoms with E-state index in [1.807, 2.05) is 6.07 Å². The minimum Gasteiger partial charge on any atom is -0.366 e. The van der Waals surface area contributed by atoms with Crippen LogP contribution in [0.3, 0.4) is 0 Å². The summed E-state index contributed by atoms with van der Waals surface area (Å²) in [7, 11) is 0. The fourth-order valence-corrected chi connectivity index (χ4v) is 3.73. The molecule has 1 aromatic carbocycles. The van der Waals surface area contributed by atoms with Crippen LogP contribution >= 0.6 is 23.8 Å². The molecule has 0 radical (unpaired) electrons. The lowest BCUT2D eigenvalue weighted by Crippen LogP contribution is -2.32. The molecule has 1 aliphatic rings.